The summed E-state index contributed by atoms with van der Waals surface area (Å²) < 4.78 is 41.7. The molecule has 1 aromatic carbocycles. The van der Waals surface area contributed by atoms with E-state index in [0.717, 1.165) is 6.42 Å². The summed E-state index contributed by atoms with van der Waals surface area (Å²) in [6.07, 6.45) is 22.4. The van der Waals surface area contributed by atoms with Crippen molar-refractivity contribution < 1.29 is 32.1 Å². The van der Waals surface area contributed by atoms with Gasteiger partial charge in [-0.15, -0.1) is 0 Å². The Morgan fingerprint density at radius 3 is 1.63 bits per heavy atom. The zero-order chi connectivity index (χ0) is 31.7. The molecule has 0 spiro atoms. The Bertz CT molecular complexity index is 820. The zero-order valence-electron chi connectivity index (χ0n) is 28.2. The number of methoxy groups -OCH3 is 1. The number of ether oxygens (including phenoxy) is 2. The molecule has 0 aliphatic carbocycles. The number of hydrogen-bond donors (Lipinski definition) is 0. The monoisotopic (exact) mass is 740 g/mol. The van der Waals surface area contributed by atoms with Gasteiger partial charge in [-0.3, -0.25) is 13.6 Å². The van der Waals surface area contributed by atoms with Gasteiger partial charge in [-0.25, -0.2) is 4.57 Å². The van der Waals surface area contributed by atoms with Crippen molar-refractivity contribution >= 4 is 30.4 Å². The second-order valence-electron chi connectivity index (χ2n) is 12.7. The van der Waals surface area contributed by atoms with E-state index in [4.69, 9.17) is 23.0 Å². The normalized spacial score (nSPS) is 14.2. The van der Waals surface area contributed by atoms with Gasteiger partial charge in [0, 0.05) is 24.4 Å². The number of phosphoric ester groups is 1. The molecule has 0 aromatic heterocycles. The van der Waals surface area contributed by atoms with E-state index in [9.17, 15) is 4.57 Å². The lowest BCUT2D eigenvalue weighted by molar-refractivity contribution is -0.870. The molecule has 1 rings (SSSR count). The maximum absolute atomic E-state index is 12.6. The van der Waals surface area contributed by atoms with E-state index in [1.165, 1.54) is 119 Å². The highest BCUT2D eigenvalue weighted by molar-refractivity contribution is 14.1. The third kappa shape index (κ3) is 24.8. The Kier molecular flexibility index (Phi) is 24.8. The van der Waals surface area contributed by atoms with Crippen LogP contribution in [0.1, 0.15) is 108 Å². The van der Waals surface area contributed by atoms with Crippen LogP contribution in [-0.4, -0.2) is 78.9 Å². The number of unbranched alkanes of at least 4 members (excludes halogenated alkanes) is 15. The molecule has 0 amide bonds. The lowest BCUT2D eigenvalue weighted by Crippen LogP contribution is -2.37. The van der Waals surface area contributed by atoms with Gasteiger partial charge in [0.2, 0.25) is 0 Å². The molecular formula is C34H64INO6P+. The first-order chi connectivity index (χ1) is 20.7. The number of halogens is 1. The fraction of sp³-hybridized carbons (Fsp3) is 0.824. The first kappa shape index (κ1) is 41.0. The molecule has 0 fully saturated rings. The van der Waals surface area contributed by atoms with Crippen LogP contribution in [0.3, 0.4) is 0 Å². The molecule has 0 saturated heterocycles. The molecule has 0 radical (unpaired) electrons. The highest BCUT2D eigenvalue weighted by Crippen LogP contribution is 2.48. The molecule has 0 aliphatic heterocycles. The minimum absolute atomic E-state index is 0.0984. The predicted molar refractivity (Wildman–Crippen MR) is 188 cm³/mol. The molecule has 0 aliphatic rings. The minimum Gasteiger partial charge on any atom is -0.379 e. The summed E-state index contributed by atoms with van der Waals surface area (Å²) in [5, 5.41) is 0. The van der Waals surface area contributed by atoms with E-state index in [-0.39, 0.29) is 12.7 Å². The summed E-state index contributed by atoms with van der Waals surface area (Å²) in [4.78, 5) is 0. The second kappa shape index (κ2) is 26.1. The Morgan fingerprint density at radius 1 is 0.674 bits per heavy atom. The van der Waals surface area contributed by atoms with Gasteiger partial charge in [0.15, 0.2) is 0 Å². The topological polar surface area (TPSA) is 63.2 Å². The van der Waals surface area contributed by atoms with Crippen molar-refractivity contribution in [1.82, 2.24) is 0 Å². The van der Waals surface area contributed by atoms with Gasteiger partial charge in [-0.2, -0.15) is 0 Å². The van der Waals surface area contributed by atoms with Crippen molar-refractivity contribution in [3.63, 3.8) is 0 Å². The molecule has 2 atom stereocenters. The number of likely N-dealkylation sites (N-methyl/N-ethyl adjacent to an activating group) is 1. The summed E-state index contributed by atoms with van der Waals surface area (Å²) in [5.41, 5.74) is 1.48. The molecule has 0 bridgehead atoms. The van der Waals surface area contributed by atoms with Gasteiger partial charge >= 0.3 is 7.82 Å². The van der Waals surface area contributed by atoms with Crippen LogP contribution >= 0.6 is 30.4 Å². The fourth-order valence-electron chi connectivity index (χ4n) is 4.80. The maximum Gasteiger partial charge on any atom is 0.474 e. The van der Waals surface area contributed by atoms with Crippen molar-refractivity contribution in [2.75, 3.05) is 68.3 Å². The highest BCUT2D eigenvalue weighted by atomic mass is 127. The van der Waals surface area contributed by atoms with Crippen molar-refractivity contribution in [2.45, 2.75) is 115 Å². The molecule has 9 heteroatoms. The Labute approximate surface area is 278 Å². The van der Waals surface area contributed by atoms with Gasteiger partial charge in [0.05, 0.1) is 34.4 Å². The summed E-state index contributed by atoms with van der Waals surface area (Å²) in [7, 11) is 5.48. The molecule has 2 unspecified atom stereocenters. The van der Waals surface area contributed by atoms with Crippen LogP contribution in [0.2, 0.25) is 0 Å². The largest absolute Gasteiger partial charge is 0.474 e. The molecular weight excluding hydrogens is 676 g/mol. The fourth-order valence-corrected chi connectivity index (χ4v) is 6.10. The number of quaternary nitrogens is 1. The minimum atomic E-state index is -3.59. The van der Waals surface area contributed by atoms with E-state index in [2.05, 4.69) is 46.9 Å². The summed E-state index contributed by atoms with van der Waals surface area (Å²) in [6.45, 7) is 2.19. The van der Waals surface area contributed by atoms with Crippen molar-refractivity contribution in [1.29, 1.82) is 0 Å². The molecule has 0 saturated carbocycles. The number of nitrogens with zero attached hydrogens (tertiary/aromatic N) is 1. The predicted octanol–water partition coefficient (Wildman–Crippen LogP) is 9.60. The number of benzene rings is 1. The van der Waals surface area contributed by atoms with E-state index >= 15 is 0 Å². The van der Waals surface area contributed by atoms with Gasteiger partial charge in [-0.05, 0) is 59.5 Å². The first-order valence-corrected chi connectivity index (χ1v) is 19.3. The van der Waals surface area contributed by atoms with Crippen molar-refractivity contribution in [2.24, 2.45) is 0 Å². The average Bonchev–Trinajstić information content (AvgIpc) is 2.98. The van der Waals surface area contributed by atoms with Gasteiger partial charge in [-0.1, -0.05) is 102 Å². The molecule has 252 valence electrons. The van der Waals surface area contributed by atoms with Crippen LogP contribution in [-0.2, 0) is 34.0 Å². The van der Waals surface area contributed by atoms with Crippen LogP contribution in [0.15, 0.2) is 24.3 Å². The Morgan fingerprint density at radius 2 is 1.16 bits per heavy atom. The summed E-state index contributed by atoms with van der Waals surface area (Å²) in [6, 6.07) is 8.97. The third-order valence-corrected chi connectivity index (χ3v) is 9.84. The Balaban J connectivity index is 1.85. The average molecular weight is 741 g/mol. The number of aryl methyl sites for hydroxylation is 1. The van der Waals surface area contributed by atoms with Crippen LogP contribution in [0.5, 0.6) is 0 Å². The second-order valence-corrected chi connectivity index (χ2v) is 15.8. The van der Waals surface area contributed by atoms with E-state index in [0.29, 0.717) is 30.8 Å². The van der Waals surface area contributed by atoms with Gasteiger partial charge in [0.25, 0.3) is 0 Å². The molecule has 1 aromatic rings. The quantitative estimate of drug-likeness (QED) is 0.0339. The first-order valence-electron chi connectivity index (χ1n) is 16.8. The smallest absolute Gasteiger partial charge is 0.379 e. The van der Waals surface area contributed by atoms with Crippen LogP contribution in [0.4, 0.5) is 0 Å². The number of rotatable bonds is 30. The lowest BCUT2D eigenvalue weighted by Gasteiger charge is -2.25. The highest BCUT2D eigenvalue weighted by Gasteiger charge is 2.27. The zero-order valence-corrected chi connectivity index (χ0v) is 31.2. The van der Waals surface area contributed by atoms with E-state index < -0.39 is 7.82 Å². The van der Waals surface area contributed by atoms with E-state index in [1.807, 2.05) is 21.1 Å². The number of hydrogen-bond acceptors (Lipinski definition) is 6. The third-order valence-electron chi connectivity index (χ3n) is 7.71. The Hall–Kier alpha value is -0.0600. The van der Waals surface area contributed by atoms with Gasteiger partial charge < -0.3 is 14.0 Å². The lowest BCUT2D eigenvalue weighted by atomic mass is 10.0. The number of phosphoric acid groups is 1. The molecule has 0 N–H and O–H groups in total. The van der Waals surface area contributed by atoms with Gasteiger partial charge in [0.1, 0.15) is 19.3 Å². The SMILES string of the molecule is COC(COCCCCCCCCCCCCCCCCCCc1ccc(I)cc1)COP(=O)(OC)OCC[N+](C)(C)C. The maximum atomic E-state index is 12.6. The molecule has 7 nitrogen and oxygen atoms in total. The molecule has 0 heterocycles. The summed E-state index contributed by atoms with van der Waals surface area (Å²) in [5.74, 6) is 0. The molecule has 43 heavy (non-hydrogen) atoms. The van der Waals surface area contributed by atoms with Crippen molar-refractivity contribution in [3.05, 3.63) is 33.4 Å². The van der Waals surface area contributed by atoms with Crippen LogP contribution in [0.25, 0.3) is 0 Å². The van der Waals surface area contributed by atoms with Crippen molar-refractivity contribution in [3.8, 4) is 0 Å². The van der Waals surface area contributed by atoms with Crippen LogP contribution < -0.4 is 0 Å². The standard InChI is InChI=1S/C34H64INO6P/c1-36(2,3)27-29-41-43(37,39-5)42-31-34(38-4)30-40-28-21-19-17-15-13-11-9-7-6-8-10-12-14-16-18-20-22-32-23-25-33(35)26-24-32/h23-26,34H,6-22,27-31H2,1-5H3/q+1. The van der Waals surface area contributed by atoms with Crippen LogP contribution in [0, 0.1) is 3.57 Å². The van der Waals surface area contributed by atoms with E-state index in [1.54, 1.807) is 7.11 Å². The summed E-state index contributed by atoms with van der Waals surface area (Å²) >= 11 is 2.37.